The number of carbonyl (C=O) groups is 1. The zero-order valence-electron chi connectivity index (χ0n) is 35.1. The maximum atomic E-state index is 15.4. The van der Waals surface area contributed by atoms with E-state index in [4.69, 9.17) is 0 Å². The molecule has 7 aromatic carbocycles. The third kappa shape index (κ3) is 8.42. The van der Waals surface area contributed by atoms with E-state index in [9.17, 15) is 67.6 Å². The van der Waals surface area contributed by atoms with Gasteiger partial charge >= 0.3 is 0 Å². The molecule has 0 aliphatic carbocycles. The number of carbonyl (C=O) groups excluding carboxylic acids is 1. The topological polar surface area (TPSA) is 64.1 Å². The molecule has 376 valence electrons. The molecule has 0 amide bonds. The molecule has 0 bridgehead atoms. The summed E-state index contributed by atoms with van der Waals surface area (Å²) in [6.45, 7) is 0.146. The van der Waals surface area contributed by atoms with Crippen LogP contribution >= 0.6 is 0 Å². The van der Waals surface area contributed by atoms with E-state index >= 15 is 35.1 Å². The Kier molecular flexibility index (Phi) is 14.2. The maximum Gasteiger partial charge on any atom is 0.270 e. The summed E-state index contributed by atoms with van der Waals surface area (Å²) in [5, 5.41) is 13.2. The van der Waals surface area contributed by atoms with Gasteiger partial charge < -0.3 is 0 Å². The second kappa shape index (κ2) is 19.7. The molecule has 8 rings (SSSR count). The molecule has 0 atom stereocenters. The molecule has 1 aromatic heterocycles. The number of nitro groups is 1. The first-order valence-electron chi connectivity index (χ1n) is 19.8. The lowest BCUT2D eigenvalue weighted by molar-refractivity contribution is -0.671. The third-order valence-corrected chi connectivity index (χ3v) is 11.4. The number of Topliss-reactive ketones (excluding diaryl/α,β-unsaturated/α-hetero) is 1. The van der Waals surface area contributed by atoms with E-state index in [2.05, 4.69) is 0 Å². The van der Waals surface area contributed by atoms with E-state index in [0.717, 1.165) is 16.5 Å². The van der Waals surface area contributed by atoms with Gasteiger partial charge in [0.2, 0.25) is 18.0 Å². The Hall–Kier alpha value is -8.32. The lowest BCUT2D eigenvalue weighted by Crippen LogP contribution is -2.81. The van der Waals surface area contributed by atoms with Crippen LogP contribution in [-0.2, 0) is 6.54 Å². The summed E-state index contributed by atoms with van der Waals surface area (Å²) in [5.41, 5.74) is -12.2. The number of rotatable bonds is 9. The van der Waals surface area contributed by atoms with Gasteiger partial charge in [0.1, 0.15) is 52.7 Å². The van der Waals surface area contributed by atoms with Gasteiger partial charge in [-0.25, -0.2) is 87.8 Å². The minimum absolute atomic E-state index is 0.0198. The Labute approximate surface area is 392 Å². The van der Waals surface area contributed by atoms with E-state index in [0.29, 0.717) is 11.1 Å². The van der Waals surface area contributed by atoms with Gasteiger partial charge in [0.25, 0.3) is 5.69 Å². The largest absolute Gasteiger partial charge is 0.287 e. The molecule has 0 saturated carbocycles. The lowest BCUT2D eigenvalue weighted by atomic mass is 9.12. The highest BCUT2D eigenvalue weighted by molar-refractivity contribution is 7.20. The smallest absolute Gasteiger partial charge is 0.270 e. The molecule has 5 nitrogen and oxygen atoms in total. The summed E-state index contributed by atoms with van der Waals surface area (Å²) in [6.07, 6.45) is -5.36. The summed E-state index contributed by atoms with van der Waals surface area (Å²) in [7, 11) is 0. The number of ketones is 1. The number of non-ortho nitro benzene ring substituents is 1. The van der Waals surface area contributed by atoms with Crippen molar-refractivity contribution in [2.45, 2.75) is 6.54 Å². The number of hydrogen-bond donors (Lipinski definition) is 0. The van der Waals surface area contributed by atoms with Crippen molar-refractivity contribution in [2.75, 3.05) is 0 Å². The predicted octanol–water partition coefficient (Wildman–Crippen LogP) is 10.4. The molecule has 0 saturated heterocycles. The van der Waals surface area contributed by atoms with Crippen LogP contribution in [0.1, 0.15) is 10.4 Å². The van der Waals surface area contributed by atoms with Crippen LogP contribution < -0.4 is 26.4 Å². The molecular weight excluding hydrogens is 1030 g/mol. The second-order valence-electron chi connectivity index (χ2n) is 15.3. The minimum atomic E-state index is -7.22. The highest BCUT2D eigenvalue weighted by Gasteiger charge is 2.52. The number of hydrogen-bond acceptors (Lipinski definition) is 3. The molecule has 0 aliphatic heterocycles. The number of fused-ring (bicyclic) bond motifs is 1. The van der Waals surface area contributed by atoms with Gasteiger partial charge in [0, 0.05) is 23.8 Å². The fraction of sp³-hybridized carbons (Fsp3) is 0.0213. The Bertz CT molecular complexity index is 3240. The van der Waals surface area contributed by atoms with Crippen LogP contribution in [0.5, 0.6) is 0 Å². The summed E-state index contributed by atoms with van der Waals surface area (Å²) in [6, 6.07) is 25.4. The molecule has 0 unspecified atom stereocenters. The molecular formula is C47H17BF20N2O3. The lowest BCUT2D eigenvalue weighted by Gasteiger charge is -2.44. The Balaban J connectivity index is 0.000000237. The van der Waals surface area contributed by atoms with Crippen molar-refractivity contribution in [2.24, 2.45) is 0 Å². The minimum Gasteiger partial charge on any atom is -0.287 e. The number of halogens is 20. The van der Waals surface area contributed by atoms with E-state index < -0.39 is 149 Å². The number of pyridine rings is 1. The van der Waals surface area contributed by atoms with E-state index in [1.54, 1.807) is 24.3 Å². The molecule has 0 fully saturated rings. The molecule has 1 heterocycles. The van der Waals surface area contributed by atoms with Gasteiger partial charge in [0.15, 0.2) is 76.0 Å². The number of benzene rings is 7. The van der Waals surface area contributed by atoms with Crippen LogP contribution in [0.3, 0.4) is 0 Å². The molecule has 8 aromatic rings. The number of nitrogens with zero attached hydrogens (tertiary/aromatic N) is 2. The third-order valence-electron chi connectivity index (χ3n) is 11.4. The summed E-state index contributed by atoms with van der Waals surface area (Å²) in [4.78, 5) is 23.6. The van der Waals surface area contributed by atoms with E-state index in [1.807, 2.05) is 65.4 Å². The van der Waals surface area contributed by atoms with E-state index in [1.165, 1.54) is 6.07 Å². The Morgan fingerprint density at radius 2 is 0.767 bits per heavy atom. The summed E-state index contributed by atoms with van der Waals surface area (Å²) < 4.78 is 296. The van der Waals surface area contributed by atoms with Crippen molar-refractivity contribution in [3.8, 4) is 11.3 Å². The van der Waals surface area contributed by atoms with Crippen LogP contribution in [0, 0.1) is 126 Å². The average Bonchev–Trinajstić information content (AvgIpc) is 3.38. The molecule has 0 spiro atoms. The summed E-state index contributed by atoms with van der Waals surface area (Å²) >= 11 is 0. The standard InChI is InChI=1S/C24BF20.C23H17N2O3/c26-5-1(6(27)14(35)21(42)13(5)34)25(2-7(28)15(36)22(43)16(37)8(2)29,3-9(30)17(38)23(44)18(39)10(3)31)4-11(32)19(40)24(45)20(41)12(4)33;26-22(18-8-2-1-3-9-18)16-24-14-13-17-7-4-5-12-21(17)23(24)19-10-6-11-20(15-19)25(27)28/h;1-15H,16H2/q-1;+1. The van der Waals surface area contributed by atoms with Crippen LogP contribution in [0.2, 0.25) is 0 Å². The first kappa shape index (κ1) is 52.5. The van der Waals surface area contributed by atoms with Gasteiger partial charge in [-0.2, -0.15) is 4.57 Å². The van der Waals surface area contributed by atoms with Gasteiger partial charge in [-0.05, 0) is 17.5 Å². The second-order valence-corrected chi connectivity index (χ2v) is 15.3. The molecule has 73 heavy (non-hydrogen) atoms. The van der Waals surface area contributed by atoms with Crippen molar-refractivity contribution in [3.63, 3.8) is 0 Å². The Morgan fingerprint density at radius 3 is 1.14 bits per heavy atom. The van der Waals surface area contributed by atoms with Gasteiger partial charge in [-0.1, -0.05) is 54.6 Å². The zero-order chi connectivity index (χ0) is 53.9. The summed E-state index contributed by atoms with van der Waals surface area (Å²) in [5.74, 6) is -71.4. The molecule has 0 radical (unpaired) electrons. The SMILES string of the molecule is Fc1c(F)c(F)c([B-](c2c(F)c(F)c(F)c(F)c2F)(c2c(F)c(F)c(F)c(F)c2F)c2c(F)c(F)c(F)c(F)c2F)c(F)c1F.O=C(C[n+]1ccc2ccccc2c1-c1cccc([N+](=O)[O-])c1)c1ccccc1. The van der Waals surface area contributed by atoms with Crippen molar-refractivity contribution < 1.29 is 102 Å². The fourth-order valence-electron chi connectivity index (χ4n) is 8.22. The van der Waals surface area contributed by atoms with Crippen molar-refractivity contribution >= 4 is 50.2 Å². The van der Waals surface area contributed by atoms with Gasteiger partial charge in [-0.3, -0.25) is 14.9 Å². The monoisotopic (exact) mass is 1050 g/mol. The Morgan fingerprint density at radius 1 is 0.425 bits per heavy atom. The normalized spacial score (nSPS) is 11.5. The van der Waals surface area contributed by atoms with E-state index in [-0.39, 0.29) is 18.0 Å². The van der Waals surface area contributed by atoms with Crippen LogP contribution in [-0.4, -0.2) is 16.9 Å². The highest BCUT2D eigenvalue weighted by Crippen LogP contribution is 2.32. The maximum absolute atomic E-state index is 15.4. The first-order valence-corrected chi connectivity index (χ1v) is 19.8. The van der Waals surface area contributed by atoms with Crippen LogP contribution in [0.25, 0.3) is 22.0 Å². The molecule has 0 N–H and O–H groups in total. The van der Waals surface area contributed by atoms with Crippen LogP contribution in [0.15, 0.2) is 91.1 Å². The first-order chi connectivity index (χ1) is 34.3. The van der Waals surface area contributed by atoms with Gasteiger partial charge in [0.05, 0.1) is 15.9 Å². The van der Waals surface area contributed by atoms with Crippen molar-refractivity contribution in [3.05, 3.63) is 223 Å². The predicted molar refractivity (Wildman–Crippen MR) is 216 cm³/mol. The number of aromatic nitrogens is 1. The number of nitro benzene ring substituents is 1. The fourth-order valence-corrected chi connectivity index (χ4v) is 8.22. The highest BCUT2D eigenvalue weighted by atomic mass is 19.2. The van der Waals surface area contributed by atoms with Gasteiger partial charge in [-0.15, -0.1) is 21.9 Å². The van der Waals surface area contributed by atoms with Crippen LogP contribution in [0.4, 0.5) is 93.5 Å². The molecule has 26 heteroatoms. The van der Waals surface area contributed by atoms with Crippen molar-refractivity contribution in [1.29, 1.82) is 0 Å². The molecule has 0 aliphatic rings. The van der Waals surface area contributed by atoms with Crippen molar-refractivity contribution in [1.82, 2.24) is 0 Å². The quantitative estimate of drug-likeness (QED) is 0.0212. The zero-order valence-corrected chi connectivity index (χ0v) is 35.1. The average molecular weight is 1050 g/mol.